The van der Waals surface area contributed by atoms with Gasteiger partial charge in [0.05, 0.1) is 24.0 Å². The van der Waals surface area contributed by atoms with Crippen molar-refractivity contribution in [3.05, 3.63) is 45.8 Å². The van der Waals surface area contributed by atoms with Crippen LogP contribution in [0.15, 0.2) is 29.4 Å². The molecule has 1 saturated heterocycles. The molecule has 10 nitrogen and oxygen atoms in total. The van der Waals surface area contributed by atoms with Gasteiger partial charge in [-0.25, -0.2) is 4.98 Å². The number of nitro groups is 1. The van der Waals surface area contributed by atoms with Crippen molar-refractivity contribution in [3.63, 3.8) is 0 Å². The van der Waals surface area contributed by atoms with Crippen molar-refractivity contribution in [3.8, 4) is 0 Å². The van der Waals surface area contributed by atoms with Gasteiger partial charge in [0, 0.05) is 12.1 Å². The van der Waals surface area contributed by atoms with Crippen molar-refractivity contribution in [1.82, 2.24) is 19.7 Å². The number of rotatable bonds is 5. The summed E-state index contributed by atoms with van der Waals surface area (Å²) in [6.07, 6.45) is 1.26. The molecule has 0 radical (unpaired) electrons. The number of piperidine rings is 1. The second kappa shape index (κ2) is 8.15. The second-order valence-corrected chi connectivity index (χ2v) is 8.47. The molecule has 3 heterocycles. The Labute approximate surface area is 176 Å². The van der Waals surface area contributed by atoms with E-state index < -0.39 is 10.2 Å². The van der Waals surface area contributed by atoms with Crippen LogP contribution in [-0.2, 0) is 9.53 Å². The zero-order valence-corrected chi connectivity index (χ0v) is 17.4. The van der Waals surface area contributed by atoms with Crippen molar-refractivity contribution in [2.75, 3.05) is 20.2 Å². The van der Waals surface area contributed by atoms with Crippen LogP contribution in [0.3, 0.4) is 0 Å². The third-order valence-electron chi connectivity index (χ3n) is 5.56. The summed E-state index contributed by atoms with van der Waals surface area (Å²) >= 11 is 1.36. The first-order chi connectivity index (χ1) is 14.4. The largest absolute Gasteiger partial charge is 0.469 e. The number of likely N-dealkylation sites (tertiary alicyclic amines) is 1. The van der Waals surface area contributed by atoms with E-state index in [1.54, 1.807) is 19.1 Å². The van der Waals surface area contributed by atoms with Gasteiger partial charge in [-0.05, 0) is 38.4 Å². The first-order valence-electron chi connectivity index (χ1n) is 9.60. The van der Waals surface area contributed by atoms with Crippen molar-refractivity contribution >= 4 is 29.3 Å². The molecule has 1 aromatic carbocycles. The quantitative estimate of drug-likeness (QED) is 0.398. The Morgan fingerprint density at radius 1 is 1.30 bits per heavy atom. The van der Waals surface area contributed by atoms with Crippen LogP contribution in [0.25, 0.3) is 0 Å². The summed E-state index contributed by atoms with van der Waals surface area (Å²) in [6, 6.07) is 5.99. The van der Waals surface area contributed by atoms with E-state index in [9.17, 15) is 19.7 Å². The zero-order valence-electron chi connectivity index (χ0n) is 16.6. The van der Waals surface area contributed by atoms with Crippen LogP contribution in [0.4, 0.5) is 5.69 Å². The molecule has 30 heavy (non-hydrogen) atoms. The van der Waals surface area contributed by atoms with Crippen LogP contribution in [0.5, 0.6) is 0 Å². The van der Waals surface area contributed by atoms with E-state index >= 15 is 0 Å². The number of carbonyl (C=O) groups excluding carboxylic acids is 2. The maximum absolute atomic E-state index is 13.1. The van der Waals surface area contributed by atoms with Gasteiger partial charge in [0.25, 0.3) is 11.6 Å². The highest BCUT2D eigenvalue weighted by molar-refractivity contribution is 8.00. The Hall–Kier alpha value is -2.79. The fraction of sp³-hybridized carbons (Fsp3) is 0.474. The molecule has 0 amide bonds. The fourth-order valence-electron chi connectivity index (χ4n) is 4.05. The number of non-ortho nitro benzene ring substituents is 1. The molecule has 2 aliphatic rings. The number of ether oxygens (including phenoxy) is 1. The van der Waals surface area contributed by atoms with Gasteiger partial charge in [0.2, 0.25) is 0 Å². The highest BCUT2D eigenvalue weighted by Crippen LogP contribution is 2.42. The lowest BCUT2D eigenvalue weighted by atomic mass is 9.92. The predicted molar refractivity (Wildman–Crippen MR) is 107 cm³/mol. The van der Waals surface area contributed by atoms with Crippen LogP contribution in [0.1, 0.15) is 35.1 Å². The maximum atomic E-state index is 13.1. The molecule has 158 valence electrons. The second-order valence-electron chi connectivity index (χ2n) is 7.36. The van der Waals surface area contributed by atoms with Gasteiger partial charge in [0.15, 0.2) is 5.16 Å². The topological polar surface area (TPSA) is 120 Å². The van der Waals surface area contributed by atoms with E-state index in [4.69, 9.17) is 4.74 Å². The standard InChI is InChI=1S/C19H21N5O5S/c1-11-20-19-23(21-11)17(25)16(30-19)15(12-3-5-14(6-4-12)24(27)28)22-9-7-13(8-10-22)18(26)29-2/h3-6,13,15-16H,7-10H2,1-2H3. The number of nitrogens with zero attached hydrogens (tertiary/aromatic N) is 5. The molecule has 0 bridgehead atoms. The molecule has 2 aliphatic heterocycles. The van der Waals surface area contributed by atoms with Crippen molar-refractivity contribution in [1.29, 1.82) is 0 Å². The monoisotopic (exact) mass is 431 g/mol. The molecule has 2 atom stereocenters. The SMILES string of the molecule is COC(=O)C1CCN(C(c2ccc([N+](=O)[O-])cc2)C2Sc3nc(C)nn3C2=O)CC1. The summed E-state index contributed by atoms with van der Waals surface area (Å²) in [5.41, 5.74) is 0.808. The number of fused-ring (bicyclic) bond motifs is 1. The average molecular weight is 431 g/mol. The van der Waals surface area contributed by atoms with Crippen LogP contribution < -0.4 is 0 Å². The number of aromatic nitrogens is 3. The Morgan fingerprint density at radius 2 is 1.97 bits per heavy atom. The minimum absolute atomic E-state index is 0.00230. The summed E-state index contributed by atoms with van der Waals surface area (Å²) in [4.78, 5) is 42.1. The Kier molecular flexibility index (Phi) is 5.56. The minimum atomic E-state index is -0.475. The van der Waals surface area contributed by atoms with Crippen LogP contribution in [0, 0.1) is 23.0 Å². The van der Waals surface area contributed by atoms with Gasteiger partial charge in [-0.2, -0.15) is 4.68 Å². The summed E-state index contributed by atoms with van der Waals surface area (Å²) in [5.74, 6) is 0.00670. The lowest BCUT2D eigenvalue weighted by molar-refractivity contribution is -0.384. The Bertz CT molecular complexity index is 984. The van der Waals surface area contributed by atoms with Crippen LogP contribution >= 0.6 is 11.8 Å². The molecule has 11 heteroatoms. The third-order valence-corrected chi connectivity index (χ3v) is 6.75. The summed E-state index contributed by atoms with van der Waals surface area (Å²) in [6.45, 7) is 2.96. The molecule has 2 aromatic rings. The number of esters is 1. The van der Waals surface area contributed by atoms with Gasteiger partial charge in [-0.3, -0.25) is 24.6 Å². The van der Waals surface area contributed by atoms with Gasteiger partial charge in [0.1, 0.15) is 11.1 Å². The average Bonchev–Trinajstić information content (AvgIpc) is 3.25. The summed E-state index contributed by atoms with van der Waals surface area (Å²) < 4.78 is 6.20. The predicted octanol–water partition coefficient (Wildman–Crippen LogP) is 2.24. The van der Waals surface area contributed by atoms with Gasteiger partial charge < -0.3 is 4.74 Å². The van der Waals surface area contributed by atoms with Gasteiger partial charge in [-0.15, -0.1) is 5.10 Å². The number of methoxy groups -OCH3 is 1. The normalized spacial score (nSPS) is 20.7. The van der Waals surface area contributed by atoms with Crippen LogP contribution in [-0.4, -0.2) is 61.9 Å². The molecular formula is C19H21N5O5S. The highest BCUT2D eigenvalue weighted by atomic mass is 32.2. The summed E-state index contributed by atoms with van der Waals surface area (Å²) in [5, 5.41) is 15.3. The molecular weight excluding hydrogens is 410 g/mol. The third kappa shape index (κ3) is 3.70. The van der Waals surface area contributed by atoms with Crippen molar-refractivity contribution in [2.45, 2.75) is 36.2 Å². The van der Waals surface area contributed by atoms with E-state index in [2.05, 4.69) is 15.0 Å². The van der Waals surface area contributed by atoms with E-state index in [-0.39, 0.29) is 29.5 Å². The first kappa shape index (κ1) is 20.5. The number of thioether (sulfide) groups is 1. The van der Waals surface area contributed by atoms with Gasteiger partial charge >= 0.3 is 5.97 Å². The lowest BCUT2D eigenvalue weighted by Crippen LogP contribution is -2.44. The molecule has 0 aliphatic carbocycles. The number of aryl methyl sites for hydroxylation is 1. The lowest BCUT2D eigenvalue weighted by Gasteiger charge is -2.38. The molecule has 0 N–H and O–H groups in total. The first-order valence-corrected chi connectivity index (χ1v) is 10.5. The van der Waals surface area contributed by atoms with Crippen molar-refractivity contribution in [2.24, 2.45) is 5.92 Å². The number of benzene rings is 1. The molecule has 4 rings (SSSR count). The fourth-order valence-corrected chi connectivity index (χ4v) is 5.35. The van der Waals surface area contributed by atoms with Crippen molar-refractivity contribution < 1.29 is 19.2 Å². The number of hydrogen-bond acceptors (Lipinski definition) is 9. The molecule has 1 aromatic heterocycles. The number of nitro benzene ring substituents is 1. The Morgan fingerprint density at radius 3 is 2.53 bits per heavy atom. The number of carbonyl (C=O) groups is 2. The molecule has 0 spiro atoms. The molecule has 1 fully saturated rings. The number of hydrogen-bond donors (Lipinski definition) is 0. The van der Waals surface area contributed by atoms with E-state index in [0.29, 0.717) is 36.9 Å². The Balaban J connectivity index is 1.62. The van der Waals surface area contributed by atoms with Gasteiger partial charge in [-0.1, -0.05) is 23.9 Å². The van der Waals surface area contributed by atoms with E-state index in [0.717, 1.165) is 5.56 Å². The molecule has 0 saturated carbocycles. The zero-order chi connectivity index (χ0) is 21.4. The molecule has 2 unspecified atom stereocenters. The smallest absolute Gasteiger partial charge is 0.308 e. The highest BCUT2D eigenvalue weighted by Gasteiger charge is 2.44. The van der Waals surface area contributed by atoms with E-state index in [1.165, 1.54) is 35.7 Å². The van der Waals surface area contributed by atoms with E-state index in [1.807, 2.05) is 0 Å². The minimum Gasteiger partial charge on any atom is -0.469 e. The maximum Gasteiger partial charge on any atom is 0.308 e. The van der Waals surface area contributed by atoms with Crippen LogP contribution in [0.2, 0.25) is 0 Å². The summed E-state index contributed by atoms with van der Waals surface area (Å²) in [7, 11) is 1.39.